The Morgan fingerprint density at radius 3 is 2.04 bits per heavy atom. The van der Waals surface area contributed by atoms with Gasteiger partial charge in [0.05, 0.1) is 6.61 Å². The van der Waals surface area contributed by atoms with Crippen molar-refractivity contribution in [3.63, 3.8) is 0 Å². The van der Waals surface area contributed by atoms with Crippen LogP contribution in [-0.4, -0.2) is 49.7 Å². The van der Waals surface area contributed by atoms with E-state index in [9.17, 15) is 14.4 Å². The third-order valence-corrected chi connectivity index (χ3v) is 3.92. The van der Waals surface area contributed by atoms with Gasteiger partial charge < -0.3 is 15.4 Å². The van der Waals surface area contributed by atoms with Crippen molar-refractivity contribution in [2.75, 3.05) is 20.8 Å². The maximum absolute atomic E-state index is 12.8. The van der Waals surface area contributed by atoms with Crippen molar-refractivity contribution >= 4 is 17.7 Å². The zero-order valence-corrected chi connectivity index (χ0v) is 16.4. The van der Waals surface area contributed by atoms with Crippen molar-refractivity contribution in [1.82, 2.24) is 16.1 Å². The highest BCUT2D eigenvalue weighted by Crippen LogP contribution is 2.28. The van der Waals surface area contributed by atoms with Gasteiger partial charge in [-0.2, -0.15) is 0 Å². The van der Waals surface area contributed by atoms with Crippen LogP contribution in [0.2, 0.25) is 0 Å². The lowest BCUT2D eigenvalue weighted by Crippen LogP contribution is -2.54. The molecule has 0 aliphatic carbocycles. The number of nitrogens with one attached hydrogen (secondary N) is 3. The summed E-state index contributed by atoms with van der Waals surface area (Å²) in [6.45, 7) is 9.80. The number of amides is 3. The number of carbonyl (C=O) groups excluding carboxylic acids is 3. The molecule has 0 aromatic carbocycles. The molecule has 4 N–H and O–H groups in total. The Morgan fingerprint density at radius 1 is 1.08 bits per heavy atom. The molecule has 3 amide bonds. The molecule has 0 aliphatic heterocycles. The van der Waals surface area contributed by atoms with E-state index in [1.54, 1.807) is 12.6 Å². The van der Waals surface area contributed by atoms with Crippen LogP contribution in [0.5, 0.6) is 0 Å². The van der Waals surface area contributed by atoms with Crippen LogP contribution in [0.3, 0.4) is 0 Å². The first-order valence-electron chi connectivity index (χ1n) is 8.31. The Labute approximate surface area is 150 Å². The SMILES string of the molecule is CNC(=O)[C@@H](NC(=O)[C@@H](CC(=O)NO)CC(C)(C)COC)C(C)(C)C. The molecule has 2 atom stereocenters. The largest absolute Gasteiger partial charge is 0.384 e. The molecule has 0 aromatic heterocycles. The summed E-state index contributed by atoms with van der Waals surface area (Å²) in [4.78, 5) is 36.5. The van der Waals surface area contributed by atoms with Gasteiger partial charge in [-0.05, 0) is 17.3 Å². The fraction of sp³-hybridized carbons (Fsp3) is 0.824. The molecule has 0 saturated heterocycles. The van der Waals surface area contributed by atoms with Crippen LogP contribution >= 0.6 is 0 Å². The zero-order chi connectivity index (χ0) is 19.8. The second kappa shape index (κ2) is 9.72. The third kappa shape index (κ3) is 8.31. The molecule has 0 spiro atoms. The summed E-state index contributed by atoms with van der Waals surface area (Å²) in [5.74, 6) is -2.06. The smallest absolute Gasteiger partial charge is 0.244 e. The lowest BCUT2D eigenvalue weighted by molar-refractivity contribution is -0.138. The van der Waals surface area contributed by atoms with E-state index in [1.165, 1.54) is 7.05 Å². The second-order valence-corrected chi connectivity index (χ2v) is 8.16. The van der Waals surface area contributed by atoms with Crippen molar-refractivity contribution in [3.05, 3.63) is 0 Å². The molecule has 25 heavy (non-hydrogen) atoms. The summed E-state index contributed by atoms with van der Waals surface area (Å²) in [6.07, 6.45) is 0.185. The number of likely N-dealkylation sites (N-methyl/N-ethyl adjacent to an activating group) is 1. The molecular weight excluding hydrogens is 326 g/mol. The molecule has 0 rings (SSSR count). The normalized spacial score (nSPS) is 14.4. The zero-order valence-electron chi connectivity index (χ0n) is 16.4. The standard InChI is InChI=1S/C17H33N3O5/c1-16(2,3)13(15(23)18-6)19-14(22)11(8-12(21)20-24)9-17(4,5)10-25-7/h11,13,24H,8-10H2,1-7H3,(H,18,23)(H,19,22)(H,20,21)/t11-,13+/m0/s1. The number of ether oxygens (including phenoxy) is 1. The topological polar surface area (TPSA) is 117 Å². The number of rotatable bonds is 9. The van der Waals surface area contributed by atoms with Gasteiger partial charge in [-0.1, -0.05) is 34.6 Å². The Morgan fingerprint density at radius 2 is 1.64 bits per heavy atom. The minimum absolute atomic E-state index is 0.180. The second-order valence-electron chi connectivity index (χ2n) is 8.16. The quantitative estimate of drug-likeness (QED) is 0.359. The third-order valence-electron chi connectivity index (χ3n) is 3.92. The van der Waals surface area contributed by atoms with E-state index in [2.05, 4.69) is 10.6 Å². The van der Waals surface area contributed by atoms with Crippen molar-refractivity contribution in [3.8, 4) is 0 Å². The van der Waals surface area contributed by atoms with Crippen LogP contribution in [-0.2, 0) is 19.1 Å². The molecular formula is C17H33N3O5. The van der Waals surface area contributed by atoms with Gasteiger partial charge in [-0.15, -0.1) is 0 Å². The summed E-state index contributed by atoms with van der Waals surface area (Å²) in [7, 11) is 3.07. The maximum atomic E-state index is 12.8. The van der Waals surface area contributed by atoms with E-state index in [-0.39, 0.29) is 17.7 Å². The van der Waals surface area contributed by atoms with Gasteiger partial charge in [-0.3, -0.25) is 19.6 Å². The van der Waals surface area contributed by atoms with Gasteiger partial charge in [0.2, 0.25) is 17.7 Å². The fourth-order valence-corrected chi connectivity index (χ4v) is 2.72. The Balaban J connectivity index is 5.37. The van der Waals surface area contributed by atoms with Crippen LogP contribution < -0.4 is 16.1 Å². The number of hydroxylamine groups is 1. The van der Waals surface area contributed by atoms with Crippen LogP contribution in [0.15, 0.2) is 0 Å². The number of hydrogen-bond donors (Lipinski definition) is 4. The average molecular weight is 359 g/mol. The first kappa shape index (κ1) is 23.3. The number of carbonyl (C=O) groups is 3. The predicted octanol–water partition coefficient (Wildman–Crippen LogP) is 0.838. The first-order chi connectivity index (χ1) is 11.4. The molecule has 0 unspecified atom stereocenters. The summed E-state index contributed by atoms with van der Waals surface area (Å²) in [6, 6.07) is -0.741. The molecule has 0 bridgehead atoms. The van der Waals surface area contributed by atoms with Gasteiger partial charge in [-0.25, -0.2) is 5.48 Å². The van der Waals surface area contributed by atoms with E-state index in [0.717, 1.165) is 0 Å². The Hall–Kier alpha value is -1.67. The van der Waals surface area contributed by atoms with Gasteiger partial charge in [0.1, 0.15) is 6.04 Å². The molecule has 0 aliphatic rings. The van der Waals surface area contributed by atoms with Crippen LogP contribution in [0.1, 0.15) is 47.5 Å². The number of hydrogen-bond acceptors (Lipinski definition) is 5. The summed E-state index contributed by atoms with van der Waals surface area (Å²) < 4.78 is 5.16. The monoisotopic (exact) mass is 359 g/mol. The minimum Gasteiger partial charge on any atom is -0.384 e. The molecule has 0 fully saturated rings. The van der Waals surface area contributed by atoms with Gasteiger partial charge in [0, 0.05) is 26.5 Å². The summed E-state index contributed by atoms with van der Waals surface area (Å²) in [5.41, 5.74) is 0.707. The lowest BCUT2D eigenvalue weighted by Gasteiger charge is -2.33. The van der Waals surface area contributed by atoms with E-state index in [4.69, 9.17) is 9.94 Å². The van der Waals surface area contributed by atoms with Crippen molar-refractivity contribution in [1.29, 1.82) is 0 Å². The summed E-state index contributed by atoms with van der Waals surface area (Å²) in [5, 5.41) is 14.1. The molecule has 0 heterocycles. The van der Waals surface area contributed by atoms with E-state index in [1.807, 2.05) is 34.6 Å². The Kier molecular flexibility index (Phi) is 9.07. The molecule has 8 heteroatoms. The van der Waals surface area contributed by atoms with Gasteiger partial charge >= 0.3 is 0 Å². The highest BCUT2D eigenvalue weighted by atomic mass is 16.5. The molecule has 8 nitrogen and oxygen atoms in total. The predicted molar refractivity (Wildman–Crippen MR) is 93.8 cm³/mol. The van der Waals surface area contributed by atoms with Crippen molar-refractivity contribution < 1.29 is 24.3 Å². The fourth-order valence-electron chi connectivity index (χ4n) is 2.72. The van der Waals surface area contributed by atoms with Crippen molar-refractivity contribution in [2.45, 2.75) is 53.5 Å². The minimum atomic E-state index is -0.741. The highest BCUT2D eigenvalue weighted by molar-refractivity contribution is 5.90. The van der Waals surface area contributed by atoms with Crippen molar-refractivity contribution in [2.24, 2.45) is 16.7 Å². The average Bonchev–Trinajstić information content (AvgIpc) is 2.49. The first-order valence-corrected chi connectivity index (χ1v) is 8.31. The van der Waals surface area contributed by atoms with Gasteiger partial charge in [0.15, 0.2) is 0 Å². The van der Waals surface area contributed by atoms with E-state index in [0.29, 0.717) is 13.0 Å². The molecule has 0 radical (unpaired) electrons. The number of methoxy groups -OCH3 is 1. The van der Waals surface area contributed by atoms with Crippen LogP contribution in [0.4, 0.5) is 0 Å². The summed E-state index contributed by atoms with van der Waals surface area (Å²) >= 11 is 0. The van der Waals surface area contributed by atoms with Gasteiger partial charge in [0.25, 0.3) is 0 Å². The lowest BCUT2D eigenvalue weighted by atomic mass is 9.80. The molecule has 0 saturated carbocycles. The molecule has 146 valence electrons. The van der Waals surface area contributed by atoms with Crippen LogP contribution in [0, 0.1) is 16.7 Å². The Bertz CT molecular complexity index is 471. The molecule has 0 aromatic rings. The van der Waals surface area contributed by atoms with E-state index < -0.39 is 29.2 Å². The maximum Gasteiger partial charge on any atom is 0.244 e. The van der Waals surface area contributed by atoms with E-state index >= 15 is 0 Å². The highest BCUT2D eigenvalue weighted by Gasteiger charge is 2.36. The van der Waals surface area contributed by atoms with Crippen LogP contribution in [0.25, 0.3) is 0 Å².